The van der Waals surface area contributed by atoms with Crippen molar-refractivity contribution in [2.24, 2.45) is 5.92 Å². The summed E-state index contributed by atoms with van der Waals surface area (Å²) in [6, 6.07) is 6.44. The normalized spacial score (nSPS) is 15.5. The van der Waals surface area contributed by atoms with Crippen LogP contribution in [0.15, 0.2) is 35.1 Å². The number of carbonyl (C=O) groups is 1. The third kappa shape index (κ3) is 7.30. The maximum Gasteiger partial charge on any atom is 0.416 e. The molecule has 7 nitrogen and oxygen atoms in total. The summed E-state index contributed by atoms with van der Waals surface area (Å²) >= 11 is 0. The van der Waals surface area contributed by atoms with Gasteiger partial charge < -0.3 is 9.64 Å². The number of hydrogen-bond donors (Lipinski definition) is 0. The number of rotatable bonds is 5. The molecule has 0 radical (unpaired) electrons. The largest absolute Gasteiger partial charge is 0.444 e. The van der Waals surface area contributed by atoms with Crippen LogP contribution in [0.1, 0.15) is 45.7 Å². The van der Waals surface area contributed by atoms with Gasteiger partial charge in [-0.25, -0.2) is 9.48 Å². The molecule has 1 aromatic carbocycles. The maximum atomic E-state index is 13.1. The lowest BCUT2D eigenvalue weighted by Crippen LogP contribution is -2.50. The highest BCUT2D eigenvalue weighted by atomic mass is 19.4. The SMILES string of the molecule is CC(C)Cn1nc(-c2ccc(C(F)(F)F)cc2)cc(CN2CCN(C(=O)OC(C)(C)C)CC2)c1=O. The van der Waals surface area contributed by atoms with Gasteiger partial charge in [-0.05, 0) is 44.9 Å². The molecule has 35 heavy (non-hydrogen) atoms. The van der Waals surface area contributed by atoms with E-state index in [9.17, 15) is 22.8 Å². The van der Waals surface area contributed by atoms with Crippen molar-refractivity contribution in [2.75, 3.05) is 26.2 Å². The van der Waals surface area contributed by atoms with Crippen LogP contribution in [-0.2, 0) is 24.0 Å². The standard InChI is InChI=1S/C25H33F3N4O3/c1-17(2)15-32-22(33)19(14-21(29-32)18-6-8-20(9-7-18)25(26,27)28)16-30-10-12-31(13-11-30)23(34)35-24(3,4)5/h6-9,14,17H,10-13,15-16H2,1-5H3. The summed E-state index contributed by atoms with van der Waals surface area (Å²) in [5, 5.41) is 4.43. The van der Waals surface area contributed by atoms with Crippen LogP contribution in [0.4, 0.5) is 18.0 Å². The topological polar surface area (TPSA) is 67.7 Å². The number of benzene rings is 1. The maximum absolute atomic E-state index is 13.1. The Morgan fingerprint density at radius 1 is 1.06 bits per heavy atom. The first kappa shape index (κ1) is 26.7. The monoisotopic (exact) mass is 494 g/mol. The van der Waals surface area contributed by atoms with E-state index in [1.807, 2.05) is 34.6 Å². The molecule has 1 aliphatic rings. The molecule has 0 unspecified atom stereocenters. The zero-order valence-corrected chi connectivity index (χ0v) is 20.9. The van der Waals surface area contributed by atoms with Crippen molar-refractivity contribution >= 4 is 6.09 Å². The molecule has 3 rings (SSSR count). The predicted octanol–water partition coefficient (Wildman–Crippen LogP) is 4.64. The Morgan fingerprint density at radius 2 is 1.66 bits per heavy atom. The van der Waals surface area contributed by atoms with Crippen molar-refractivity contribution in [3.05, 3.63) is 51.8 Å². The predicted molar refractivity (Wildman–Crippen MR) is 127 cm³/mol. The number of hydrogen-bond acceptors (Lipinski definition) is 5. The van der Waals surface area contributed by atoms with Gasteiger partial charge in [-0.15, -0.1) is 0 Å². The average Bonchev–Trinajstić information content (AvgIpc) is 2.75. The van der Waals surface area contributed by atoms with Gasteiger partial charge in [-0.3, -0.25) is 9.69 Å². The zero-order valence-electron chi connectivity index (χ0n) is 20.9. The lowest BCUT2D eigenvalue weighted by molar-refractivity contribution is -0.137. The van der Waals surface area contributed by atoms with E-state index in [1.165, 1.54) is 16.8 Å². The first-order valence-electron chi connectivity index (χ1n) is 11.7. The van der Waals surface area contributed by atoms with E-state index in [1.54, 1.807) is 11.0 Å². The summed E-state index contributed by atoms with van der Waals surface area (Å²) in [6.45, 7) is 12.2. The highest BCUT2D eigenvalue weighted by Crippen LogP contribution is 2.30. The molecular weight excluding hydrogens is 461 g/mol. The molecule has 0 N–H and O–H groups in total. The van der Waals surface area contributed by atoms with E-state index < -0.39 is 17.3 Å². The van der Waals surface area contributed by atoms with Crippen LogP contribution in [0.2, 0.25) is 0 Å². The van der Waals surface area contributed by atoms with Crippen molar-refractivity contribution in [1.29, 1.82) is 0 Å². The van der Waals surface area contributed by atoms with Gasteiger partial charge in [-0.1, -0.05) is 26.0 Å². The Kier molecular flexibility index (Phi) is 7.93. The van der Waals surface area contributed by atoms with Crippen molar-refractivity contribution in [1.82, 2.24) is 19.6 Å². The van der Waals surface area contributed by atoms with Crippen LogP contribution in [0.3, 0.4) is 0 Å². The molecule has 1 amide bonds. The number of amides is 1. The molecule has 10 heteroatoms. The Balaban J connectivity index is 1.80. The number of nitrogens with zero attached hydrogens (tertiary/aromatic N) is 4. The Hall–Kier alpha value is -2.88. The molecule has 0 aliphatic carbocycles. The van der Waals surface area contributed by atoms with Gasteiger partial charge in [0.2, 0.25) is 0 Å². The van der Waals surface area contributed by atoms with Crippen LogP contribution < -0.4 is 5.56 Å². The molecule has 1 fully saturated rings. The second-order valence-corrected chi connectivity index (χ2v) is 10.3. The van der Waals surface area contributed by atoms with Crippen LogP contribution in [0.25, 0.3) is 11.3 Å². The van der Waals surface area contributed by atoms with Crippen molar-refractivity contribution in [3.8, 4) is 11.3 Å². The number of ether oxygens (including phenoxy) is 1. The average molecular weight is 495 g/mol. The molecule has 1 aliphatic heterocycles. The minimum Gasteiger partial charge on any atom is -0.444 e. The minimum atomic E-state index is -4.42. The second-order valence-electron chi connectivity index (χ2n) is 10.3. The van der Waals surface area contributed by atoms with Gasteiger partial charge in [0.05, 0.1) is 11.3 Å². The summed E-state index contributed by atoms with van der Waals surface area (Å²) in [7, 11) is 0. The van der Waals surface area contributed by atoms with Crippen molar-refractivity contribution in [2.45, 2.75) is 59.5 Å². The molecule has 2 aromatic rings. The van der Waals surface area contributed by atoms with E-state index in [2.05, 4.69) is 10.00 Å². The fourth-order valence-electron chi connectivity index (χ4n) is 3.81. The van der Waals surface area contributed by atoms with E-state index in [0.717, 1.165) is 12.1 Å². The van der Waals surface area contributed by atoms with E-state index >= 15 is 0 Å². The number of carbonyl (C=O) groups excluding carboxylic acids is 1. The number of alkyl halides is 3. The van der Waals surface area contributed by atoms with Gasteiger partial charge in [0, 0.05) is 50.4 Å². The van der Waals surface area contributed by atoms with Gasteiger partial charge in [0.1, 0.15) is 5.60 Å². The van der Waals surface area contributed by atoms with Crippen LogP contribution in [0.5, 0.6) is 0 Å². The molecule has 1 aromatic heterocycles. The molecule has 1 saturated heterocycles. The molecule has 0 bridgehead atoms. The van der Waals surface area contributed by atoms with Crippen LogP contribution in [0, 0.1) is 5.92 Å². The lowest BCUT2D eigenvalue weighted by atomic mass is 10.1. The van der Waals surface area contributed by atoms with Gasteiger partial charge in [0.25, 0.3) is 5.56 Å². The first-order chi connectivity index (χ1) is 16.2. The molecule has 0 spiro atoms. The first-order valence-corrected chi connectivity index (χ1v) is 11.7. The Morgan fingerprint density at radius 3 is 2.17 bits per heavy atom. The van der Waals surface area contributed by atoms with Crippen LogP contribution >= 0.6 is 0 Å². The highest BCUT2D eigenvalue weighted by Gasteiger charge is 2.30. The zero-order chi connectivity index (χ0) is 26.0. The fourth-order valence-corrected chi connectivity index (χ4v) is 3.81. The summed E-state index contributed by atoms with van der Waals surface area (Å²) in [5.74, 6) is 0.160. The van der Waals surface area contributed by atoms with Gasteiger partial charge in [0.15, 0.2) is 0 Å². The van der Waals surface area contributed by atoms with Crippen molar-refractivity contribution in [3.63, 3.8) is 0 Å². The third-order valence-corrected chi connectivity index (χ3v) is 5.51. The Labute approximate surface area is 203 Å². The molecule has 192 valence electrons. The minimum absolute atomic E-state index is 0.160. The highest BCUT2D eigenvalue weighted by molar-refractivity contribution is 5.68. The quantitative estimate of drug-likeness (QED) is 0.606. The fraction of sp³-hybridized carbons (Fsp3) is 0.560. The molecular formula is C25H33F3N4O3. The van der Waals surface area contributed by atoms with E-state index in [0.29, 0.717) is 56.1 Å². The second kappa shape index (κ2) is 10.4. The third-order valence-electron chi connectivity index (χ3n) is 5.51. The summed E-state index contributed by atoms with van der Waals surface area (Å²) < 4.78 is 45.7. The van der Waals surface area contributed by atoms with Crippen LogP contribution in [-0.4, -0.2) is 57.5 Å². The smallest absolute Gasteiger partial charge is 0.416 e. The van der Waals surface area contributed by atoms with E-state index in [-0.39, 0.29) is 17.6 Å². The van der Waals surface area contributed by atoms with Gasteiger partial charge >= 0.3 is 12.3 Å². The Bertz CT molecular complexity index is 1080. The lowest BCUT2D eigenvalue weighted by Gasteiger charge is -2.35. The molecule has 0 saturated carbocycles. The molecule has 0 atom stereocenters. The van der Waals surface area contributed by atoms with Crippen molar-refractivity contribution < 1.29 is 22.7 Å². The summed E-state index contributed by atoms with van der Waals surface area (Å²) in [6.07, 6.45) is -4.78. The number of aromatic nitrogens is 2. The number of piperazine rings is 1. The molecule has 2 heterocycles. The number of halogens is 3. The summed E-state index contributed by atoms with van der Waals surface area (Å²) in [4.78, 5) is 29.2. The van der Waals surface area contributed by atoms with Gasteiger partial charge in [-0.2, -0.15) is 18.3 Å². The summed E-state index contributed by atoms with van der Waals surface area (Å²) in [5.41, 5.74) is -0.0561. The van der Waals surface area contributed by atoms with E-state index in [4.69, 9.17) is 4.74 Å².